The summed E-state index contributed by atoms with van der Waals surface area (Å²) in [5, 5.41) is 12.8. The van der Waals surface area contributed by atoms with Crippen LogP contribution in [0.4, 0.5) is 33.7 Å². The normalized spacial score (nSPS) is 14.5. The third kappa shape index (κ3) is 4.25. The Bertz CT molecular complexity index is 1470. The summed E-state index contributed by atoms with van der Waals surface area (Å²) in [5.74, 6) is -4.28. The maximum atomic E-state index is 14.6. The molecule has 0 radical (unpaired) electrons. The van der Waals surface area contributed by atoms with Gasteiger partial charge in [0, 0.05) is 37.1 Å². The van der Waals surface area contributed by atoms with Gasteiger partial charge in [-0.2, -0.15) is 18.2 Å². The van der Waals surface area contributed by atoms with Gasteiger partial charge in [-0.1, -0.05) is 6.07 Å². The molecule has 3 heterocycles. The highest BCUT2D eigenvalue weighted by molar-refractivity contribution is 6.00. The molecular formula is C22H15F5N6O3. The quantitative estimate of drug-likeness (QED) is 0.411. The second-order valence-corrected chi connectivity index (χ2v) is 7.92. The molecule has 0 aliphatic carbocycles. The Kier molecular flexibility index (Phi) is 5.65. The summed E-state index contributed by atoms with van der Waals surface area (Å²) in [6.07, 6.45) is -3.48. The number of halogens is 5. The topological polar surface area (TPSA) is 108 Å². The molecule has 0 saturated carbocycles. The Morgan fingerprint density at radius 2 is 1.72 bits per heavy atom. The smallest absolute Gasteiger partial charge is 0.471 e. The number of hydrogen-bond donors (Lipinski definition) is 1. The van der Waals surface area contributed by atoms with E-state index in [4.69, 9.17) is 5.11 Å². The number of hydrogen-bond acceptors (Lipinski definition) is 8. The van der Waals surface area contributed by atoms with E-state index < -0.39 is 35.2 Å². The molecule has 0 spiro atoms. The van der Waals surface area contributed by atoms with Gasteiger partial charge in [-0.15, -0.1) is 0 Å². The number of carboxylic acids is 1. The molecule has 186 valence electrons. The molecule has 36 heavy (non-hydrogen) atoms. The van der Waals surface area contributed by atoms with Crippen LogP contribution in [0.5, 0.6) is 0 Å². The van der Waals surface area contributed by atoms with E-state index >= 15 is 0 Å². The van der Waals surface area contributed by atoms with Crippen molar-refractivity contribution in [3.05, 3.63) is 59.7 Å². The van der Waals surface area contributed by atoms with Crippen LogP contribution in [0.1, 0.15) is 16.2 Å². The third-order valence-electron chi connectivity index (χ3n) is 5.71. The molecule has 0 bridgehead atoms. The van der Waals surface area contributed by atoms with E-state index in [0.29, 0.717) is 29.8 Å². The lowest BCUT2D eigenvalue weighted by Crippen LogP contribution is -2.47. The third-order valence-corrected chi connectivity index (χ3v) is 5.71. The summed E-state index contributed by atoms with van der Waals surface area (Å²) in [4.78, 5) is 26.4. The number of aromatic nitrogens is 4. The van der Waals surface area contributed by atoms with Gasteiger partial charge in [-0.25, -0.2) is 23.5 Å². The van der Waals surface area contributed by atoms with Crippen LogP contribution in [-0.2, 0) is 6.18 Å². The zero-order valence-corrected chi connectivity index (χ0v) is 18.1. The number of aromatic carboxylic acids is 1. The average molecular weight is 506 g/mol. The predicted molar refractivity (Wildman–Crippen MR) is 116 cm³/mol. The van der Waals surface area contributed by atoms with Crippen LogP contribution in [-0.4, -0.2) is 57.4 Å². The first-order valence-corrected chi connectivity index (χ1v) is 10.5. The number of alkyl halides is 3. The molecule has 0 amide bonds. The van der Waals surface area contributed by atoms with Gasteiger partial charge < -0.3 is 19.4 Å². The number of piperazine rings is 1. The van der Waals surface area contributed by atoms with Crippen LogP contribution in [0.15, 0.2) is 41.2 Å². The van der Waals surface area contributed by atoms with E-state index in [1.54, 1.807) is 0 Å². The second kappa shape index (κ2) is 8.70. The van der Waals surface area contributed by atoms with Gasteiger partial charge in [0.25, 0.3) is 5.95 Å². The minimum atomic E-state index is -4.74. The van der Waals surface area contributed by atoms with E-state index in [1.807, 2.05) is 4.90 Å². The molecule has 4 aromatic rings. The molecule has 9 nitrogen and oxygen atoms in total. The van der Waals surface area contributed by atoms with Crippen LogP contribution in [0, 0.1) is 11.6 Å². The molecule has 1 saturated heterocycles. The Labute approximate surface area is 198 Å². The van der Waals surface area contributed by atoms with Crippen molar-refractivity contribution >= 4 is 28.6 Å². The highest BCUT2D eigenvalue weighted by Crippen LogP contribution is 2.34. The highest BCUT2D eigenvalue weighted by Gasteiger charge is 2.39. The monoisotopic (exact) mass is 506 g/mol. The average Bonchev–Trinajstić information content (AvgIpc) is 3.34. The van der Waals surface area contributed by atoms with E-state index in [0.717, 1.165) is 12.1 Å². The van der Waals surface area contributed by atoms with Crippen molar-refractivity contribution in [1.82, 2.24) is 20.1 Å². The van der Waals surface area contributed by atoms with Crippen molar-refractivity contribution in [1.29, 1.82) is 0 Å². The number of rotatable bonds is 4. The summed E-state index contributed by atoms with van der Waals surface area (Å²) in [5.41, 5.74) is 0.277. The molecule has 1 aliphatic rings. The molecule has 5 rings (SSSR count). The van der Waals surface area contributed by atoms with E-state index in [-0.39, 0.29) is 30.2 Å². The van der Waals surface area contributed by atoms with Crippen LogP contribution >= 0.6 is 0 Å². The zero-order chi connectivity index (χ0) is 25.6. The Morgan fingerprint density at radius 3 is 2.36 bits per heavy atom. The number of benzene rings is 2. The van der Waals surface area contributed by atoms with Gasteiger partial charge in [-0.3, -0.25) is 0 Å². The summed E-state index contributed by atoms with van der Waals surface area (Å²) in [6, 6.07) is 5.85. The fraction of sp³-hybridized carbons (Fsp3) is 0.227. The highest BCUT2D eigenvalue weighted by atomic mass is 19.4. The zero-order valence-electron chi connectivity index (χ0n) is 18.1. The van der Waals surface area contributed by atoms with Gasteiger partial charge in [-0.05, 0) is 35.0 Å². The Balaban J connectivity index is 1.45. The first-order chi connectivity index (χ1) is 17.1. The second-order valence-electron chi connectivity index (χ2n) is 7.92. The van der Waals surface area contributed by atoms with Crippen molar-refractivity contribution in [2.75, 3.05) is 36.0 Å². The molecule has 14 heteroatoms. The van der Waals surface area contributed by atoms with Crippen molar-refractivity contribution in [3.8, 4) is 11.1 Å². The van der Waals surface area contributed by atoms with Gasteiger partial charge in [0.1, 0.15) is 23.8 Å². The molecule has 1 fully saturated rings. The lowest BCUT2D eigenvalue weighted by atomic mass is 10.00. The molecule has 0 atom stereocenters. The SMILES string of the molecule is O=C(O)c1ccc(-c2cc(F)cc3c(N4CCN(c5noc(C(F)(F)F)n5)CC4)ncnc23)cc1F. The summed E-state index contributed by atoms with van der Waals surface area (Å²) < 4.78 is 71.5. The minimum absolute atomic E-state index is 0.185. The van der Waals surface area contributed by atoms with E-state index in [2.05, 4.69) is 24.6 Å². The molecule has 2 aromatic heterocycles. The first-order valence-electron chi connectivity index (χ1n) is 10.5. The van der Waals surface area contributed by atoms with E-state index in [1.165, 1.54) is 29.4 Å². The molecule has 2 aromatic carbocycles. The molecular weight excluding hydrogens is 491 g/mol. The van der Waals surface area contributed by atoms with Crippen molar-refractivity contribution in [3.63, 3.8) is 0 Å². The summed E-state index contributed by atoms with van der Waals surface area (Å²) >= 11 is 0. The molecule has 1 aliphatic heterocycles. The lowest BCUT2D eigenvalue weighted by Gasteiger charge is -2.35. The first kappa shape index (κ1) is 23.4. The number of fused-ring (bicyclic) bond motifs is 1. The van der Waals surface area contributed by atoms with Crippen molar-refractivity contribution < 1.29 is 36.4 Å². The van der Waals surface area contributed by atoms with E-state index in [9.17, 15) is 26.7 Å². The maximum absolute atomic E-state index is 14.6. The Hall–Kier alpha value is -4.36. The van der Waals surface area contributed by atoms with Gasteiger partial charge in [0.05, 0.1) is 11.1 Å². The lowest BCUT2D eigenvalue weighted by molar-refractivity contribution is -0.159. The number of carbonyl (C=O) groups is 1. The van der Waals surface area contributed by atoms with Crippen molar-refractivity contribution in [2.24, 2.45) is 0 Å². The molecule has 0 unspecified atom stereocenters. The fourth-order valence-electron chi connectivity index (χ4n) is 4.03. The van der Waals surface area contributed by atoms with Crippen LogP contribution in [0.3, 0.4) is 0 Å². The number of anilines is 2. The largest absolute Gasteiger partial charge is 0.478 e. The van der Waals surface area contributed by atoms with Crippen LogP contribution in [0.2, 0.25) is 0 Å². The minimum Gasteiger partial charge on any atom is -0.478 e. The van der Waals surface area contributed by atoms with Gasteiger partial charge >= 0.3 is 18.0 Å². The Morgan fingerprint density at radius 1 is 1.00 bits per heavy atom. The van der Waals surface area contributed by atoms with Crippen molar-refractivity contribution in [2.45, 2.75) is 6.18 Å². The predicted octanol–water partition coefficient (Wildman–Crippen LogP) is 4.00. The van der Waals surface area contributed by atoms with Crippen LogP contribution in [0.25, 0.3) is 22.0 Å². The summed E-state index contributed by atoms with van der Waals surface area (Å²) in [7, 11) is 0. The van der Waals surface area contributed by atoms with Gasteiger partial charge in [0.15, 0.2) is 0 Å². The van der Waals surface area contributed by atoms with Crippen LogP contribution < -0.4 is 9.80 Å². The van der Waals surface area contributed by atoms with Gasteiger partial charge in [0.2, 0.25) is 0 Å². The number of carboxylic acid groups (broad SMARTS) is 1. The molecule has 1 N–H and O–H groups in total. The maximum Gasteiger partial charge on any atom is 0.471 e. The number of nitrogens with zero attached hydrogens (tertiary/aromatic N) is 6. The fourth-order valence-corrected chi connectivity index (χ4v) is 4.03. The standard InChI is InChI=1S/C22H15F5N6O3/c23-12-8-14(11-1-2-13(19(34)35)16(24)7-11)17-15(9-12)18(29-10-28-17)32-3-5-33(6-4-32)21-30-20(36-31-21)22(25,26)27/h1-2,7-10H,3-6H2,(H,34,35). The summed E-state index contributed by atoms with van der Waals surface area (Å²) in [6.45, 7) is 1.09.